The van der Waals surface area contributed by atoms with Gasteiger partial charge in [-0.3, -0.25) is 14.4 Å². The van der Waals surface area contributed by atoms with Crippen LogP contribution in [0.2, 0.25) is 0 Å². The second-order valence-electron chi connectivity index (χ2n) is 16.7. The van der Waals surface area contributed by atoms with Crippen LogP contribution >= 0.6 is 0 Å². The molecule has 0 aliphatic heterocycles. The van der Waals surface area contributed by atoms with E-state index >= 15 is 0 Å². The van der Waals surface area contributed by atoms with Crippen molar-refractivity contribution in [1.82, 2.24) is 0 Å². The molecule has 0 spiro atoms. The fourth-order valence-corrected chi connectivity index (χ4v) is 7.26. The zero-order valence-electron chi connectivity index (χ0n) is 37.7. The molecule has 0 aromatic rings. The van der Waals surface area contributed by atoms with Crippen LogP contribution in [-0.4, -0.2) is 37.2 Å². The normalized spacial score (nSPS) is 12.0. The summed E-state index contributed by atoms with van der Waals surface area (Å²) in [6.45, 7) is 6.58. The molecule has 0 radical (unpaired) electrons. The van der Waals surface area contributed by atoms with E-state index in [0.29, 0.717) is 19.3 Å². The summed E-state index contributed by atoms with van der Waals surface area (Å²) in [7, 11) is 0. The lowest BCUT2D eigenvalue weighted by molar-refractivity contribution is -0.167. The van der Waals surface area contributed by atoms with Crippen LogP contribution in [0.4, 0.5) is 0 Å². The summed E-state index contributed by atoms with van der Waals surface area (Å²) in [5.74, 6) is -0.874. The van der Waals surface area contributed by atoms with Crippen LogP contribution in [0.3, 0.4) is 0 Å². The van der Waals surface area contributed by atoms with E-state index in [2.05, 4.69) is 32.9 Å². The minimum absolute atomic E-state index is 0.0687. The van der Waals surface area contributed by atoms with Gasteiger partial charge >= 0.3 is 17.9 Å². The Morgan fingerprint density at radius 1 is 0.339 bits per heavy atom. The van der Waals surface area contributed by atoms with Gasteiger partial charge in [0.15, 0.2) is 6.10 Å². The highest BCUT2D eigenvalue weighted by atomic mass is 16.6. The molecule has 0 N–H and O–H groups in total. The molecular weight excluding hydrogens is 697 g/mol. The summed E-state index contributed by atoms with van der Waals surface area (Å²) in [6, 6.07) is 0. The van der Waals surface area contributed by atoms with Crippen molar-refractivity contribution in [2.45, 2.75) is 277 Å². The lowest BCUT2D eigenvalue weighted by Gasteiger charge is -2.18. The van der Waals surface area contributed by atoms with Gasteiger partial charge in [-0.15, -0.1) is 0 Å². The van der Waals surface area contributed by atoms with Crippen LogP contribution in [0.15, 0.2) is 12.2 Å². The molecule has 0 aromatic heterocycles. The van der Waals surface area contributed by atoms with Gasteiger partial charge in [0.1, 0.15) is 13.2 Å². The monoisotopic (exact) mass is 791 g/mol. The molecule has 0 aliphatic carbocycles. The molecule has 0 saturated heterocycles. The first-order chi connectivity index (χ1) is 27.5. The van der Waals surface area contributed by atoms with Gasteiger partial charge in [0.2, 0.25) is 0 Å². The van der Waals surface area contributed by atoms with Gasteiger partial charge in [0, 0.05) is 19.3 Å². The molecule has 0 aromatic carbocycles. The van der Waals surface area contributed by atoms with E-state index in [0.717, 1.165) is 64.2 Å². The molecule has 0 bridgehead atoms. The lowest BCUT2D eigenvalue weighted by atomic mass is 10.0. The SMILES string of the molecule is CCCCCCCCC/C=C\CCCCCCCCCC(=O)OCC(COC(=O)CCCCCCC)OC(=O)CCCCCCCCCCCCCCCCC. The van der Waals surface area contributed by atoms with Crippen molar-refractivity contribution >= 4 is 17.9 Å². The molecule has 0 heterocycles. The number of unbranched alkanes of at least 4 members (excludes halogenated alkanes) is 32. The van der Waals surface area contributed by atoms with Crippen molar-refractivity contribution in [3.05, 3.63) is 12.2 Å². The fraction of sp³-hybridized carbons (Fsp3) is 0.900. The van der Waals surface area contributed by atoms with E-state index in [-0.39, 0.29) is 31.1 Å². The predicted molar refractivity (Wildman–Crippen MR) is 238 cm³/mol. The van der Waals surface area contributed by atoms with Gasteiger partial charge < -0.3 is 14.2 Å². The first kappa shape index (κ1) is 54.2. The maximum Gasteiger partial charge on any atom is 0.306 e. The first-order valence-corrected chi connectivity index (χ1v) is 24.7. The van der Waals surface area contributed by atoms with Crippen molar-refractivity contribution in [2.24, 2.45) is 0 Å². The third-order valence-electron chi connectivity index (χ3n) is 11.0. The van der Waals surface area contributed by atoms with Crippen molar-refractivity contribution in [3.63, 3.8) is 0 Å². The Labute approximate surface area is 348 Å². The average molecular weight is 791 g/mol. The maximum absolute atomic E-state index is 12.7. The summed E-state index contributed by atoms with van der Waals surface area (Å²) < 4.78 is 16.6. The zero-order valence-corrected chi connectivity index (χ0v) is 37.7. The van der Waals surface area contributed by atoms with Crippen molar-refractivity contribution in [2.75, 3.05) is 13.2 Å². The van der Waals surface area contributed by atoms with E-state index in [1.54, 1.807) is 0 Å². The molecule has 330 valence electrons. The Bertz CT molecular complexity index is 870. The van der Waals surface area contributed by atoms with E-state index in [4.69, 9.17) is 14.2 Å². The number of allylic oxidation sites excluding steroid dienone is 2. The van der Waals surface area contributed by atoms with Gasteiger partial charge in [0.25, 0.3) is 0 Å². The van der Waals surface area contributed by atoms with E-state index in [9.17, 15) is 14.4 Å². The van der Waals surface area contributed by atoms with Crippen LogP contribution in [0, 0.1) is 0 Å². The number of ether oxygens (including phenoxy) is 3. The highest BCUT2D eigenvalue weighted by Gasteiger charge is 2.19. The quantitative estimate of drug-likeness (QED) is 0.0264. The van der Waals surface area contributed by atoms with E-state index in [1.807, 2.05) is 0 Å². The van der Waals surface area contributed by atoms with Crippen LogP contribution in [0.5, 0.6) is 0 Å². The zero-order chi connectivity index (χ0) is 40.8. The van der Waals surface area contributed by atoms with Crippen LogP contribution in [-0.2, 0) is 28.6 Å². The molecular formula is C50H94O6. The van der Waals surface area contributed by atoms with Crippen LogP contribution in [0.25, 0.3) is 0 Å². The van der Waals surface area contributed by atoms with Crippen LogP contribution < -0.4 is 0 Å². The van der Waals surface area contributed by atoms with Crippen molar-refractivity contribution < 1.29 is 28.6 Å². The third-order valence-corrected chi connectivity index (χ3v) is 11.0. The second kappa shape index (κ2) is 45.8. The van der Waals surface area contributed by atoms with E-state index < -0.39 is 6.10 Å². The summed E-state index contributed by atoms with van der Waals surface area (Å²) in [6.07, 6.45) is 49.4. The largest absolute Gasteiger partial charge is 0.462 e. The minimum atomic E-state index is -0.762. The molecule has 6 nitrogen and oxygen atoms in total. The smallest absolute Gasteiger partial charge is 0.306 e. The molecule has 0 saturated carbocycles. The van der Waals surface area contributed by atoms with Crippen LogP contribution in [0.1, 0.15) is 271 Å². The standard InChI is InChI=1S/C50H94O6/c1-4-7-10-13-15-17-19-21-23-24-25-27-28-30-32-34-37-40-43-49(52)55-46-47(45-54-48(51)42-39-36-12-9-6-3)56-50(53)44-41-38-35-33-31-29-26-22-20-18-16-14-11-8-5-2/h23-24,47H,4-22,25-46H2,1-3H3/b24-23-. The number of hydrogen-bond acceptors (Lipinski definition) is 6. The number of rotatable bonds is 45. The molecule has 0 amide bonds. The van der Waals surface area contributed by atoms with Crippen molar-refractivity contribution in [1.29, 1.82) is 0 Å². The maximum atomic E-state index is 12.7. The number of hydrogen-bond donors (Lipinski definition) is 0. The number of carbonyl (C=O) groups is 3. The molecule has 6 heteroatoms. The Morgan fingerprint density at radius 2 is 0.589 bits per heavy atom. The van der Waals surface area contributed by atoms with Gasteiger partial charge in [-0.2, -0.15) is 0 Å². The van der Waals surface area contributed by atoms with Gasteiger partial charge in [-0.1, -0.05) is 219 Å². The third kappa shape index (κ3) is 43.3. The number of carbonyl (C=O) groups excluding carboxylic acids is 3. The summed E-state index contributed by atoms with van der Waals surface area (Å²) in [5, 5.41) is 0. The predicted octanol–water partition coefficient (Wildman–Crippen LogP) is 15.8. The molecule has 0 rings (SSSR count). The summed E-state index contributed by atoms with van der Waals surface area (Å²) >= 11 is 0. The molecule has 0 fully saturated rings. The highest BCUT2D eigenvalue weighted by molar-refractivity contribution is 5.71. The second-order valence-corrected chi connectivity index (χ2v) is 16.7. The molecule has 56 heavy (non-hydrogen) atoms. The summed E-state index contributed by atoms with van der Waals surface area (Å²) in [5.41, 5.74) is 0. The minimum Gasteiger partial charge on any atom is -0.462 e. The average Bonchev–Trinajstić information content (AvgIpc) is 3.19. The molecule has 1 atom stereocenters. The topological polar surface area (TPSA) is 78.9 Å². The van der Waals surface area contributed by atoms with Gasteiger partial charge in [0.05, 0.1) is 0 Å². The van der Waals surface area contributed by atoms with E-state index in [1.165, 1.54) is 167 Å². The first-order valence-electron chi connectivity index (χ1n) is 24.7. The molecule has 0 aliphatic rings. The Balaban J connectivity index is 4.14. The Morgan fingerprint density at radius 3 is 0.893 bits per heavy atom. The van der Waals surface area contributed by atoms with Gasteiger partial charge in [-0.25, -0.2) is 0 Å². The highest BCUT2D eigenvalue weighted by Crippen LogP contribution is 2.16. The summed E-state index contributed by atoms with van der Waals surface area (Å²) in [4.78, 5) is 37.6. The Kier molecular flexibility index (Phi) is 44.3. The lowest BCUT2D eigenvalue weighted by Crippen LogP contribution is -2.30. The van der Waals surface area contributed by atoms with Crippen molar-refractivity contribution in [3.8, 4) is 0 Å². The number of esters is 3. The fourth-order valence-electron chi connectivity index (χ4n) is 7.26. The Hall–Kier alpha value is -1.85. The van der Waals surface area contributed by atoms with Gasteiger partial charge in [-0.05, 0) is 44.9 Å². The molecule has 1 unspecified atom stereocenters.